The molecule has 6 nitrogen and oxygen atoms in total. The Kier molecular flexibility index (Phi) is 5.51. The van der Waals surface area contributed by atoms with E-state index in [1.54, 1.807) is 18.7 Å². The molecule has 0 saturated heterocycles. The number of amides is 1. The number of esters is 1. The molecule has 0 spiro atoms. The topological polar surface area (TPSA) is 73.2 Å². The first kappa shape index (κ1) is 18.6. The molecule has 0 saturated carbocycles. The van der Waals surface area contributed by atoms with Gasteiger partial charge in [0.1, 0.15) is 11.6 Å². The van der Waals surface area contributed by atoms with Crippen LogP contribution in [0.3, 0.4) is 0 Å². The number of carbonyl (C=O) groups excluding carboxylic acids is 2. The molecule has 0 fully saturated rings. The molecule has 0 aliphatic carbocycles. The summed E-state index contributed by atoms with van der Waals surface area (Å²) in [6.45, 7) is 4.96. The number of anilines is 1. The number of hydrogen-bond acceptors (Lipinski definition) is 4. The Morgan fingerprint density at radius 1 is 1.32 bits per heavy atom. The smallest absolute Gasteiger partial charge is 0.311 e. The van der Waals surface area contributed by atoms with Crippen LogP contribution >= 0.6 is 0 Å². The van der Waals surface area contributed by atoms with Gasteiger partial charge in [0.25, 0.3) is 5.91 Å². The van der Waals surface area contributed by atoms with Gasteiger partial charge in [0.2, 0.25) is 0 Å². The van der Waals surface area contributed by atoms with E-state index in [-0.39, 0.29) is 12.1 Å². The molecule has 0 aliphatic heterocycles. The third-order valence-corrected chi connectivity index (χ3v) is 3.84. The number of benzene rings is 1. The lowest BCUT2D eigenvalue weighted by Crippen LogP contribution is -2.31. The van der Waals surface area contributed by atoms with Gasteiger partial charge < -0.3 is 10.1 Å². The number of ether oxygens (including phenoxy) is 1. The number of nitrogens with one attached hydrogen (secondary N) is 1. The van der Waals surface area contributed by atoms with E-state index in [1.807, 2.05) is 6.92 Å². The summed E-state index contributed by atoms with van der Waals surface area (Å²) in [4.78, 5) is 24.0. The maximum Gasteiger partial charge on any atom is 0.311 e. The fraction of sp³-hybridized carbons (Fsp3) is 0.353. The number of rotatable bonds is 5. The zero-order valence-corrected chi connectivity index (χ0v) is 14.4. The summed E-state index contributed by atoms with van der Waals surface area (Å²) in [5, 5.41) is 6.40. The number of hydrogen-bond donors (Lipinski definition) is 1. The quantitative estimate of drug-likeness (QED) is 0.840. The van der Waals surface area contributed by atoms with Gasteiger partial charge in [0.05, 0.1) is 17.8 Å². The van der Waals surface area contributed by atoms with E-state index in [4.69, 9.17) is 4.74 Å². The van der Waals surface area contributed by atoms with Crippen molar-refractivity contribution < 1.29 is 23.1 Å². The zero-order valence-electron chi connectivity index (χ0n) is 14.4. The summed E-state index contributed by atoms with van der Waals surface area (Å²) in [5.74, 6) is -2.84. The summed E-state index contributed by atoms with van der Waals surface area (Å²) >= 11 is 0. The van der Waals surface area contributed by atoms with Gasteiger partial charge in [-0.2, -0.15) is 5.10 Å². The van der Waals surface area contributed by atoms with Crippen LogP contribution in [0, 0.1) is 25.5 Å². The maximum absolute atomic E-state index is 13.5. The van der Waals surface area contributed by atoms with Crippen LogP contribution in [0.1, 0.15) is 23.9 Å². The van der Waals surface area contributed by atoms with Crippen molar-refractivity contribution in [2.45, 2.75) is 33.3 Å². The molecule has 1 unspecified atom stereocenters. The minimum Gasteiger partial charge on any atom is -0.452 e. The Bertz CT molecular complexity index is 818. The van der Waals surface area contributed by atoms with Crippen molar-refractivity contribution in [2.24, 2.45) is 7.05 Å². The van der Waals surface area contributed by atoms with Gasteiger partial charge >= 0.3 is 5.97 Å². The van der Waals surface area contributed by atoms with E-state index < -0.39 is 29.6 Å². The fourth-order valence-corrected chi connectivity index (χ4v) is 2.34. The fourth-order valence-electron chi connectivity index (χ4n) is 2.34. The molecule has 0 radical (unpaired) electrons. The summed E-state index contributed by atoms with van der Waals surface area (Å²) in [5.41, 5.74) is 1.95. The van der Waals surface area contributed by atoms with Crippen molar-refractivity contribution in [1.82, 2.24) is 9.78 Å². The molecule has 0 aliphatic rings. The molecule has 2 aromatic rings. The van der Waals surface area contributed by atoms with E-state index in [0.29, 0.717) is 5.69 Å². The monoisotopic (exact) mass is 351 g/mol. The van der Waals surface area contributed by atoms with Crippen molar-refractivity contribution in [3.05, 3.63) is 46.8 Å². The third-order valence-electron chi connectivity index (χ3n) is 3.84. The molecule has 134 valence electrons. The van der Waals surface area contributed by atoms with Gasteiger partial charge in [-0.05, 0) is 32.9 Å². The van der Waals surface area contributed by atoms with Crippen LogP contribution in [0.5, 0.6) is 0 Å². The highest BCUT2D eigenvalue weighted by Crippen LogP contribution is 2.17. The predicted octanol–water partition coefficient (Wildman–Crippen LogP) is 2.43. The van der Waals surface area contributed by atoms with E-state index in [2.05, 4.69) is 10.4 Å². The number of halogens is 2. The molecule has 1 heterocycles. The number of nitrogens with zero attached hydrogens (tertiary/aromatic N) is 2. The molecule has 1 aromatic carbocycles. The van der Waals surface area contributed by atoms with Gasteiger partial charge in [-0.15, -0.1) is 0 Å². The largest absolute Gasteiger partial charge is 0.452 e. The highest BCUT2D eigenvalue weighted by Gasteiger charge is 2.21. The van der Waals surface area contributed by atoms with Gasteiger partial charge in [0, 0.05) is 24.4 Å². The minimum absolute atomic E-state index is 0.0303. The maximum atomic E-state index is 13.5. The Hall–Kier alpha value is -2.77. The SMILES string of the molecule is Cc1nn(C)c(C)c1CC(=O)OC(C)C(=O)Nc1cc(F)ccc1F. The van der Waals surface area contributed by atoms with Crippen LogP contribution in [0.15, 0.2) is 18.2 Å². The van der Waals surface area contributed by atoms with E-state index in [0.717, 1.165) is 29.5 Å². The van der Waals surface area contributed by atoms with E-state index >= 15 is 0 Å². The molecule has 25 heavy (non-hydrogen) atoms. The van der Waals surface area contributed by atoms with Crippen LogP contribution in [0.2, 0.25) is 0 Å². The molecule has 1 aromatic heterocycles. The van der Waals surface area contributed by atoms with Crippen molar-refractivity contribution >= 4 is 17.6 Å². The lowest BCUT2D eigenvalue weighted by atomic mass is 10.1. The van der Waals surface area contributed by atoms with Crippen LogP contribution in [-0.4, -0.2) is 27.8 Å². The standard InChI is InChI=1S/C17H19F2N3O3/c1-9-13(10(2)22(4)21-9)8-16(23)25-11(3)17(24)20-15-7-12(18)5-6-14(15)19/h5-7,11H,8H2,1-4H3,(H,20,24). The summed E-state index contributed by atoms with van der Waals surface area (Å²) in [6.07, 6.45) is -1.19. The first-order chi connectivity index (χ1) is 11.7. The van der Waals surface area contributed by atoms with Gasteiger partial charge in [-0.1, -0.05) is 0 Å². The predicted molar refractivity (Wildman–Crippen MR) is 86.9 cm³/mol. The van der Waals surface area contributed by atoms with Gasteiger partial charge in [0.15, 0.2) is 6.10 Å². The Balaban J connectivity index is 1.98. The Morgan fingerprint density at radius 2 is 2.00 bits per heavy atom. The van der Waals surface area contributed by atoms with Gasteiger partial charge in [-0.3, -0.25) is 14.3 Å². The average molecular weight is 351 g/mol. The highest BCUT2D eigenvalue weighted by atomic mass is 19.1. The molecule has 1 amide bonds. The molecular weight excluding hydrogens is 332 g/mol. The van der Waals surface area contributed by atoms with Crippen LogP contribution in [0.25, 0.3) is 0 Å². The third kappa shape index (κ3) is 4.40. The first-order valence-corrected chi connectivity index (χ1v) is 7.63. The lowest BCUT2D eigenvalue weighted by molar-refractivity contribution is -0.152. The van der Waals surface area contributed by atoms with Crippen LogP contribution < -0.4 is 5.32 Å². The second kappa shape index (κ2) is 7.42. The van der Waals surface area contributed by atoms with Crippen LogP contribution in [-0.2, 0) is 27.8 Å². The lowest BCUT2D eigenvalue weighted by Gasteiger charge is -2.14. The van der Waals surface area contributed by atoms with Crippen molar-refractivity contribution in [3.8, 4) is 0 Å². The summed E-state index contributed by atoms with van der Waals surface area (Å²) in [6, 6.07) is 2.69. The molecule has 2 rings (SSSR count). The second-order valence-corrected chi connectivity index (χ2v) is 5.70. The average Bonchev–Trinajstić information content (AvgIpc) is 2.77. The van der Waals surface area contributed by atoms with Gasteiger partial charge in [-0.25, -0.2) is 8.78 Å². The molecule has 1 atom stereocenters. The normalized spacial score (nSPS) is 11.9. The summed E-state index contributed by atoms with van der Waals surface area (Å²) < 4.78 is 33.4. The zero-order chi connectivity index (χ0) is 18.7. The molecular formula is C17H19F2N3O3. The van der Waals surface area contributed by atoms with E-state index in [1.165, 1.54) is 6.92 Å². The number of carbonyl (C=O) groups is 2. The molecule has 1 N–H and O–H groups in total. The van der Waals surface area contributed by atoms with Crippen molar-refractivity contribution in [1.29, 1.82) is 0 Å². The number of aromatic nitrogens is 2. The highest BCUT2D eigenvalue weighted by molar-refractivity contribution is 5.95. The second-order valence-electron chi connectivity index (χ2n) is 5.70. The first-order valence-electron chi connectivity index (χ1n) is 7.63. The Morgan fingerprint density at radius 3 is 2.60 bits per heavy atom. The van der Waals surface area contributed by atoms with Crippen molar-refractivity contribution in [3.63, 3.8) is 0 Å². The summed E-state index contributed by atoms with van der Waals surface area (Å²) in [7, 11) is 1.76. The van der Waals surface area contributed by atoms with E-state index in [9.17, 15) is 18.4 Å². The Labute approximate surface area is 143 Å². The van der Waals surface area contributed by atoms with Crippen LogP contribution in [0.4, 0.5) is 14.5 Å². The van der Waals surface area contributed by atoms with Crippen molar-refractivity contribution in [2.75, 3.05) is 5.32 Å². The molecule has 8 heteroatoms. The molecule has 0 bridgehead atoms. The minimum atomic E-state index is -1.16. The number of aryl methyl sites for hydroxylation is 2.